The minimum atomic E-state index is -0.397. The molecule has 0 heterocycles. The highest BCUT2D eigenvalue weighted by Crippen LogP contribution is 2.64. The van der Waals surface area contributed by atoms with Gasteiger partial charge in [-0.25, -0.2) is 0 Å². The van der Waals surface area contributed by atoms with E-state index in [0.717, 1.165) is 19.3 Å². The molecule has 4 fully saturated rings. The van der Waals surface area contributed by atoms with Crippen molar-refractivity contribution in [3.63, 3.8) is 0 Å². The molecule has 0 aromatic rings. The van der Waals surface area contributed by atoms with Gasteiger partial charge in [0.2, 0.25) is 0 Å². The molecule has 4 aliphatic rings. The van der Waals surface area contributed by atoms with Gasteiger partial charge in [0.25, 0.3) is 0 Å². The van der Waals surface area contributed by atoms with Crippen molar-refractivity contribution in [1.82, 2.24) is 0 Å². The molecule has 0 unspecified atom stereocenters. The molecule has 0 aromatic carbocycles. The van der Waals surface area contributed by atoms with Crippen molar-refractivity contribution in [1.29, 1.82) is 0 Å². The van der Waals surface area contributed by atoms with Crippen LogP contribution in [0.25, 0.3) is 0 Å². The molecule has 122 valence electrons. The predicted molar refractivity (Wildman–Crippen MR) is 83.1 cm³/mol. The monoisotopic (exact) mass is 304 g/mol. The summed E-state index contributed by atoms with van der Waals surface area (Å²) in [5.41, 5.74) is 0.0168. The molecular formula is C19H28O3. The van der Waals surface area contributed by atoms with Crippen molar-refractivity contribution >= 4 is 11.6 Å². The second kappa shape index (κ2) is 4.66. The number of rotatable bonds is 0. The molecule has 0 aliphatic heterocycles. The third-order valence-electron chi connectivity index (χ3n) is 7.95. The first-order valence-electron chi connectivity index (χ1n) is 9.08. The third-order valence-corrected chi connectivity index (χ3v) is 7.95. The van der Waals surface area contributed by atoms with Gasteiger partial charge in [0.05, 0.1) is 6.10 Å². The van der Waals surface area contributed by atoms with Crippen molar-refractivity contribution in [3.05, 3.63) is 0 Å². The molecule has 4 saturated carbocycles. The van der Waals surface area contributed by atoms with Crippen LogP contribution in [-0.4, -0.2) is 22.8 Å². The van der Waals surface area contributed by atoms with Crippen LogP contribution in [0.4, 0.5) is 0 Å². The lowest BCUT2D eigenvalue weighted by Crippen LogP contribution is -2.60. The summed E-state index contributed by atoms with van der Waals surface area (Å²) >= 11 is 0. The minimum absolute atomic E-state index is 0.00436. The van der Waals surface area contributed by atoms with E-state index < -0.39 is 6.10 Å². The van der Waals surface area contributed by atoms with Gasteiger partial charge in [-0.3, -0.25) is 9.59 Å². The van der Waals surface area contributed by atoms with Crippen molar-refractivity contribution < 1.29 is 14.7 Å². The van der Waals surface area contributed by atoms with E-state index in [1.807, 2.05) is 0 Å². The lowest BCUT2D eigenvalue weighted by molar-refractivity contribution is -0.173. The summed E-state index contributed by atoms with van der Waals surface area (Å²) in [6.07, 6.45) is 6.56. The average Bonchev–Trinajstić information content (AvgIpc) is 2.82. The molecule has 0 amide bonds. The SMILES string of the molecule is C[C@@]12CCC[C@H]1[C@@H]1C[C@H](O)[C@H]3CC(=O)CC[C@]3(C)[C@H]1C(=O)C2. The van der Waals surface area contributed by atoms with Crippen LogP contribution in [0.5, 0.6) is 0 Å². The number of Topliss-reactive ketones (excluding diaryl/α,β-unsaturated/α-hetero) is 2. The van der Waals surface area contributed by atoms with Gasteiger partial charge >= 0.3 is 0 Å². The molecule has 22 heavy (non-hydrogen) atoms. The maximum absolute atomic E-state index is 13.1. The van der Waals surface area contributed by atoms with Crippen LogP contribution < -0.4 is 0 Å². The van der Waals surface area contributed by atoms with E-state index >= 15 is 0 Å². The molecule has 3 nitrogen and oxygen atoms in total. The largest absolute Gasteiger partial charge is 0.393 e. The Hall–Kier alpha value is -0.700. The first-order chi connectivity index (χ1) is 10.3. The second-order valence-electron chi connectivity index (χ2n) is 9.10. The zero-order valence-electron chi connectivity index (χ0n) is 13.8. The summed E-state index contributed by atoms with van der Waals surface area (Å²) in [4.78, 5) is 24.9. The number of ketones is 2. The van der Waals surface area contributed by atoms with Crippen LogP contribution in [0.3, 0.4) is 0 Å². The van der Waals surface area contributed by atoms with Gasteiger partial charge in [-0.2, -0.15) is 0 Å². The average molecular weight is 304 g/mol. The summed E-state index contributed by atoms with van der Waals surface area (Å²) < 4.78 is 0. The highest BCUT2D eigenvalue weighted by Gasteiger charge is 2.63. The van der Waals surface area contributed by atoms with Gasteiger partial charge in [0.15, 0.2) is 0 Å². The topological polar surface area (TPSA) is 54.4 Å². The zero-order valence-corrected chi connectivity index (χ0v) is 13.8. The molecule has 0 spiro atoms. The van der Waals surface area contributed by atoms with Gasteiger partial charge in [-0.15, -0.1) is 0 Å². The maximum atomic E-state index is 13.1. The van der Waals surface area contributed by atoms with Gasteiger partial charge in [-0.1, -0.05) is 20.3 Å². The Balaban J connectivity index is 1.74. The Labute approximate surface area is 132 Å². The van der Waals surface area contributed by atoms with Crippen molar-refractivity contribution in [2.75, 3.05) is 0 Å². The van der Waals surface area contributed by atoms with Gasteiger partial charge in [-0.05, 0) is 54.3 Å². The van der Waals surface area contributed by atoms with E-state index in [2.05, 4.69) is 13.8 Å². The molecule has 0 bridgehead atoms. The Bertz CT molecular complexity index is 527. The van der Waals surface area contributed by atoms with E-state index in [1.54, 1.807) is 0 Å². The fourth-order valence-corrected chi connectivity index (χ4v) is 6.93. The van der Waals surface area contributed by atoms with Crippen LogP contribution in [0, 0.1) is 34.5 Å². The number of hydrogen-bond acceptors (Lipinski definition) is 3. The Kier molecular flexibility index (Phi) is 3.15. The maximum Gasteiger partial charge on any atom is 0.137 e. The van der Waals surface area contributed by atoms with Gasteiger partial charge < -0.3 is 5.11 Å². The van der Waals surface area contributed by atoms with E-state index in [4.69, 9.17) is 0 Å². The molecule has 4 rings (SSSR count). The molecule has 0 saturated heterocycles. The Morgan fingerprint density at radius 1 is 1.14 bits per heavy atom. The molecule has 0 radical (unpaired) electrons. The lowest BCUT2D eigenvalue weighted by Gasteiger charge is -2.59. The van der Waals surface area contributed by atoms with E-state index in [-0.39, 0.29) is 28.4 Å². The molecule has 0 aromatic heterocycles. The first kappa shape index (κ1) is 14.9. The van der Waals surface area contributed by atoms with Crippen LogP contribution in [0.1, 0.15) is 65.2 Å². The number of hydrogen-bond donors (Lipinski definition) is 1. The summed E-state index contributed by atoms with van der Waals surface area (Å²) in [6, 6.07) is 0. The fourth-order valence-electron chi connectivity index (χ4n) is 6.93. The van der Waals surface area contributed by atoms with Gasteiger partial charge in [0, 0.05) is 25.2 Å². The molecular weight excluding hydrogens is 276 g/mol. The van der Waals surface area contributed by atoms with Crippen LogP contribution in [0.2, 0.25) is 0 Å². The van der Waals surface area contributed by atoms with Crippen LogP contribution in [-0.2, 0) is 9.59 Å². The van der Waals surface area contributed by atoms with Crippen LogP contribution in [0.15, 0.2) is 0 Å². The predicted octanol–water partition coefficient (Wildman–Crippen LogP) is 3.14. The first-order valence-corrected chi connectivity index (χ1v) is 9.08. The smallest absolute Gasteiger partial charge is 0.137 e. The standard InChI is InChI=1S/C19H28O3/c1-18-6-3-4-13(18)12-9-15(21)14-8-11(20)5-7-19(14,2)17(12)16(22)10-18/h12-15,17,21H,3-10H2,1-2H3/t12-,13-,14+,15-,17+,18-,19-/m0/s1. The Morgan fingerprint density at radius 3 is 2.68 bits per heavy atom. The van der Waals surface area contributed by atoms with E-state index in [9.17, 15) is 14.7 Å². The van der Waals surface area contributed by atoms with E-state index in [0.29, 0.717) is 30.5 Å². The normalized spacial score (nSPS) is 54.6. The Morgan fingerprint density at radius 2 is 1.91 bits per heavy atom. The number of fused-ring (bicyclic) bond motifs is 5. The van der Waals surface area contributed by atoms with Crippen LogP contribution >= 0.6 is 0 Å². The van der Waals surface area contributed by atoms with Gasteiger partial charge in [0.1, 0.15) is 11.6 Å². The summed E-state index contributed by atoms with van der Waals surface area (Å²) in [7, 11) is 0. The highest BCUT2D eigenvalue weighted by atomic mass is 16.3. The number of carbonyl (C=O) groups is 2. The summed E-state index contributed by atoms with van der Waals surface area (Å²) in [5.74, 6) is 1.74. The fraction of sp³-hybridized carbons (Fsp3) is 0.895. The minimum Gasteiger partial charge on any atom is -0.393 e. The summed E-state index contributed by atoms with van der Waals surface area (Å²) in [6.45, 7) is 4.49. The molecule has 3 heteroatoms. The highest BCUT2D eigenvalue weighted by molar-refractivity contribution is 5.85. The quantitative estimate of drug-likeness (QED) is 0.748. The summed E-state index contributed by atoms with van der Waals surface area (Å²) in [5, 5.41) is 10.8. The number of aliphatic hydroxyl groups is 1. The molecule has 4 aliphatic carbocycles. The third kappa shape index (κ3) is 1.84. The van der Waals surface area contributed by atoms with E-state index in [1.165, 1.54) is 19.3 Å². The molecule has 1 N–H and O–H groups in total. The number of aliphatic hydroxyl groups excluding tert-OH is 1. The number of carbonyl (C=O) groups excluding carboxylic acids is 2. The zero-order chi connectivity index (χ0) is 15.7. The molecule has 7 atom stereocenters. The van der Waals surface area contributed by atoms with Crippen molar-refractivity contribution in [2.24, 2.45) is 34.5 Å². The lowest BCUT2D eigenvalue weighted by atomic mass is 9.44. The van der Waals surface area contributed by atoms with Crippen molar-refractivity contribution in [3.8, 4) is 0 Å². The van der Waals surface area contributed by atoms with Crippen molar-refractivity contribution in [2.45, 2.75) is 71.3 Å². The second-order valence-corrected chi connectivity index (χ2v) is 9.10.